The minimum Gasteiger partial charge on any atom is -0.496 e. The summed E-state index contributed by atoms with van der Waals surface area (Å²) in [6, 6.07) is 14.4. The van der Waals surface area contributed by atoms with Gasteiger partial charge in [-0.15, -0.1) is 5.10 Å². The van der Waals surface area contributed by atoms with Crippen molar-refractivity contribution in [2.75, 3.05) is 13.7 Å². The molecule has 1 amide bonds. The molecule has 9 nitrogen and oxygen atoms in total. The van der Waals surface area contributed by atoms with Crippen LogP contribution in [0.25, 0.3) is 33.4 Å². The number of halogens is 1. The number of aromatic amines is 1. The molecule has 10 heteroatoms. The Morgan fingerprint density at radius 2 is 2.00 bits per heavy atom. The van der Waals surface area contributed by atoms with E-state index in [-0.39, 0.29) is 18.5 Å². The summed E-state index contributed by atoms with van der Waals surface area (Å²) in [5.41, 5.74) is 4.75. The van der Waals surface area contributed by atoms with Crippen LogP contribution in [0.3, 0.4) is 0 Å². The second-order valence-electron chi connectivity index (χ2n) is 9.04. The van der Waals surface area contributed by atoms with Crippen LogP contribution in [0.15, 0.2) is 67.1 Å². The van der Waals surface area contributed by atoms with Crippen LogP contribution in [-0.4, -0.2) is 54.6 Å². The molecular formula is C27H24FN7O2. The van der Waals surface area contributed by atoms with Crippen molar-refractivity contribution >= 4 is 16.8 Å². The quantitative estimate of drug-likeness (QED) is 0.373. The van der Waals surface area contributed by atoms with Gasteiger partial charge >= 0.3 is 0 Å². The fraction of sp³-hybridized carbons (Fsp3) is 0.222. The minimum atomic E-state index is -0.391. The van der Waals surface area contributed by atoms with Crippen molar-refractivity contribution in [1.29, 1.82) is 0 Å². The van der Waals surface area contributed by atoms with Gasteiger partial charge in [-0.3, -0.25) is 14.9 Å². The molecule has 0 aliphatic carbocycles. The zero-order valence-corrected chi connectivity index (χ0v) is 20.1. The summed E-state index contributed by atoms with van der Waals surface area (Å²) < 4.78 is 21.6. The number of carbonyl (C=O) groups is 1. The summed E-state index contributed by atoms with van der Waals surface area (Å²) in [5, 5.41) is 17.3. The van der Waals surface area contributed by atoms with E-state index in [1.165, 1.54) is 13.2 Å². The summed E-state index contributed by atoms with van der Waals surface area (Å²) in [6.07, 6.45) is 6.37. The van der Waals surface area contributed by atoms with Gasteiger partial charge in [0.2, 0.25) is 5.91 Å². The predicted molar refractivity (Wildman–Crippen MR) is 135 cm³/mol. The topological polar surface area (TPSA) is 102 Å². The molecule has 1 N–H and O–H groups in total. The molecule has 37 heavy (non-hydrogen) atoms. The zero-order chi connectivity index (χ0) is 25.4. The number of nitrogens with zero attached hydrogens (tertiary/aromatic N) is 6. The normalized spacial score (nSPS) is 15.9. The van der Waals surface area contributed by atoms with Gasteiger partial charge in [-0.2, -0.15) is 5.10 Å². The van der Waals surface area contributed by atoms with Crippen molar-refractivity contribution in [3.63, 3.8) is 0 Å². The van der Waals surface area contributed by atoms with E-state index in [4.69, 9.17) is 4.74 Å². The number of fused-ring (bicyclic) bond motifs is 1. The fourth-order valence-corrected chi connectivity index (χ4v) is 4.83. The molecule has 5 aromatic rings. The van der Waals surface area contributed by atoms with Crippen molar-refractivity contribution in [3.05, 3.63) is 78.5 Å². The highest BCUT2D eigenvalue weighted by Gasteiger charge is 2.29. The van der Waals surface area contributed by atoms with Crippen LogP contribution in [0.2, 0.25) is 0 Å². The molecule has 0 spiro atoms. The van der Waals surface area contributed by atoms with Crippen LogP contribution in [0.4, 0.5) is 4.39 Å². The number of amides is 1. The SMILES string of the molecule is COc1cccc(F)c1CN1C[C@H](n2cc(-c3ccc4[nH]nc(-c5ccncc5)c4c3)nn2)CCC1=O. The Hall–Kier alpha value is -4.60. The van der Waals surface area contributed by atoms with E-state index in [0.29, 0.717) is 30.7 Å². The average molecular weight is 498 g/mol. The van der Waals surface area contributed by atoms with Crippen LogP contribution in [-0.2, 0) is 11.3 Å². The Morgan fingerprint density at radius 1 is 1.14 bits per heavy atom. The predicted octanol–water partition coefficient (Wildman–Crippen LogP) is 4.39. The van der Waals surface area contributed by atoms with Crippen molar-refractivity contribution in [2.45, 2.75) is 25.4 Å². The van der Waals surface area contributed by atoms with Gasteiger partial charge in [-0.05, 0) is 42.8 Å². The van der Waals surface area contributed by atoms with E-state index in [9.17, 15) is 9.18 Å². The second-order valence-corrected chi connectivity index (χ2v) is 9.04. The summed E-state index contributed by atoms with van der Waals surface area (Å²) in [5.74, 6) is 0.0211. The lowest BCUT2D eigenvalue weighted by Gasteiger charge is -2.32. The summed E-state index contributed by atoms with van der Waals surface area (Å²) in [4.78, 5) is 18.4. The molecule has 0 bridgehead atoms. The smallest absolute Gasteiger partial charge is 0.223 e. The number of pyridine rings is 1. The third kappa shape index (κ3) is 4.31. The first-order valence-corrected chi connectivity index (χ1v) is 12.0. The number of carbonyl (C=O) groups excluding carboxylic acids is 1. The fourth-order valence-electron chi connectivity index (χ4n) is 4.83. The molecule has 0 radical (unpaired) electrons. The molecule has 1 aliphatic rings. The van der Waals surface area contributed by atoms with Crippen LogP contribution >= 0.6 is 0 Å². The molecule has 0 saturated carbocycles. The van der Waals surface area contributed by atoms with Crippen molar-refractivity contribution < 1.29 is 13.9 Å². The molecule has 6 rings (SSSR count). The number of benzene rings is 2. The maximum Gasteiger partial charge on any atom is 0.223 e. The van der Waals surface area contributed by atoms with Crippen LogP contribution in [0, 0.1) is 5.82 Å². The molecular weight excluding hydrogens is 473 g/mol. The lowest BCUT2D eigenvalue weighted by molar-refractivity contribution is -0.135. The number of rotatable bonds is 6. The van der Waals surface area contributed by atoms with Crippen molar-refractivity contribution in [3.8, 4) is 28.3 Å². The Balaban J connectivity index is 1.25. The Kier molecular flexibility index (Phi) is 5.84. The third-order valence-corrected chi connectivity index (χ3v) is 6.82. The third-order valence-electron chi connectivity index (χ3n) is 6.82. The molecule has 1 fully saturated rings. The number of nitrogens with one attached hydrogen (secondary N) is 1. The molecule has 1 atom stereocenters. The van der Waals surface area contributed by atoms with Gasteiger partial charge < -0.3 is 9.64 Å². The molecule has 186 valence electrons. The highest BCUT2D eigenvalue weighted by molar-refractivity contribution is 5.95. The molecule has 0 unspecified atom stereocenters. The number of likely N-dealkylation sites (tertiary alicyclic amines) is 1. The maximum absolute atomic E-state index is 14.5. The second kappa shape index (κ2) is 9.45. The van der Waals surface area contributed by atoms with E-state index in [1.807, 2.05) is 36.5 Å². The highest BCUT2D eigenvalue weighted by Crippen LogP contribution is 2.31. The van der Waals surface area contributed by atoms with Crippen molar-refractivity contribution in [1.82, 2.24) is 35.1 Å². The summed E-state index contributed by atoms with van der Waals surface area (Å²) >= 11 is 0. The summed E-state index contributed by atoms with van der Waals surface area (Å²) in [6.45, 7) is 0.549. The van der Waals surface area contributed by atoms with E-state index >= 15 is 0 Å². The van der Waals surface area contributed by atoms with Crippen LogP contribution < -0.4 is 4.74 Å². The molecule has 3 aromatic heterocycles. The number of aromatic nitrogens is 6. The molecule has 1 aliphatic heterocycles. The average Bonchev–Trinajstić information content (AvgIpc) is 3.59. The molecule has 1 saturated heterocycles. The first-order valence-electron chi connectivity index (χ1n) is 12.0. The Labute approximate surface area is 211 Å². The number of methoxy groups -OCH3 is 1. The van der Waals surface area contributed by atoms with Gasteiger partial charge in [0.05, 0.1) is 31.4 Å². The number of ether oxygens (including phenoxy) is 1. The van der Waals surface area contributed by atoms with Gasteiger partial charge in [-0.1, -0.05) is 17.3 Å². The minimum absolute atomic E-state index is 0.0176. The largest absolute Gasteiger partial charge is 0.496 e. The van der Waals surface area contributed by atoms with E-state index in [1.54, 1.807) is 34.1 Å². The van der Waals surface area contributed by atoms with Gasteiger partial charge in [-0.25, -0.2) is 9.07 Å². The van der Waals surface area contributed by atoms with E-state index < -0.39 is 5.82 Å². The van der Waals surface area contributed by atoms with Crippen molar-refractivity contribution in [2.24, 2.45) is 0 Å². The van der Waals surface area contributed by atoms with Gasteiger partial charge in [0.1, 0.15) is 23.0 Å². The Morgan fingerprint density at radius 3 is 2.84 bits per heavy atom. The number of H-pyrrole nitrogens is 1. The number of piperidine rings is 1. The Bertz CT molecular complexity index is 1580. The lowest BCUT2D eigenvalue weighted by Crippen LogP contribution is -2.40. The zero-order valence-electron chi connectivity index (χ0n) is 20.1. The van der Waals surface area contributed by atoms with Crippen LogP contribution in [0.5, 0.6) is 5.75 Å². The van der Waals surface area contributed by atoms with Gasteiger partial charge in [0, 0.05) is 47.4 Å². The summed E-state index contributed by atoms with van der Waals surface area (Å²) in [7, 11) is 1.50. The molecule has 2 aromatic carbocycles. The first kappa shape index (κ1) is 22.8. The van der Waals surface area contributed by atoms with E-state index in [0.717, 1.165) is 33.4 Å². The van der Waals surface area contributed by atoms with Crippen LogP contribution in [0.1, 0.15) is 24.4 Å². The van der Waals surface area contributed by atoms with Gasteiger partial charge in [0.15, 0.2) is 0 Å². The standard InChI is InChI=1S/C27H24FN7O2/c1-37-25-4-2-3-22(28)21(25)15-34-14-19(6-8-26(34)36)35-16-24(31-33-35)18-5-7-23-20(13-18)27(32-30-23)17-9-11-29-12-10-17/h2-5,7,9-13,16,19H,6,8,14-15H2,1H3,(H,30,32)/t19-/m1/s1. The number of hydrogen-bond acceptors (Lipinski definition) is 6. The first-order chi connectivity index (χ1) is 18.1. The van der Waals surface area contributed by atoms with Gasteiger partial charge in [0.25, 0.3) is 0 Å². The number of hydrogen-bond donors (Lipinski definition) is 1. The monoisotopic (exact) mass is 497 g/mol. The highest BCUT2D eigenvalue weighted by atomic mass is 19.1. The molecule has 4 heterocycles. The lowest BCUT2D eigenvalue weighted by atomic mass is 10.0. The maximum atomic E-state index is 14.5. The van der Waals surface area contributed by atoms with E-state index in [2.05, 4.69) is 25.5 Å².